The summed E-state index contributed by atoms with van der Waals surface area (Å²) in [6, 6.07) is 10.5. The van der Waals surface area contributed by atoms with Crippen LogP contribution >= 0.6 is 11.6 Å². The molecule has 0 aliphatic heterocycles. The summed E-state index contributed by atoms with van der Waals surface area (Å²) in [5.74, 6) is -0.137. The minimum Gasteiger partial charge on any atom is -0.456 e. The molecule has 7 heteroatoms. The SMILES string of the molecule is O=C(Nc1ccc(Oc2cccc(F)c2)c(Cl)c1)c1cnccn1. The molecule has 3 rings (SSSR count). The molecule has 1 aromatic heterocycles. The lowest BCUT2D eigenvalue weighted by molar-refractivity contribution is 0.102. The van der Waals surface area contributed by atoms with Gasteiger partial charge in [0.15, 0.2) is 0 Å². The van der Waals surface area contributed by atoms with Crippen molar-refractivity contribution in [3.05, 3.63) is 77.6 Å². The molecular weight excluding hydrogens is 333 g/mol. The quantitative estimate of drug-likeness (QED) is 0.766. The Labute approximate surface area is 142 Å². The van der Waals surface area contributed by atoms with E-state index in [9.17, 15) is 9.18 Å². The Morgan fingerprint density at radius 3 is 2.75 bits per heavy atom. The summed E-state index contributed by atoms with van der Waals surface area (Å²) in [5.41, 5.74) is 0.663. The molecule has 0 bridgehead atoms. The zero-order chi connectivity index (χ0) is 16.9. The summed E-state index contributed by atoms with van der Waals surface area (Å²) in [5, 5.41) is 2.93. The molecule has 0 aliphatic carbocycles. The highest BCUT2D eigenvalue weighted by atomic mass is 35.5. The average molecular weight is 344 g/mol. The number of aromatic nitrogens is 2. The van der Waals surface area contributed by atoms with Gasteiger partial charge < -0.3 is 10.1 Å². The Morgan fingerprint density at radius 1 is 1.17 bits per heavy atom. The maximum Gasteiger partial charge on any atom is 0.275 e. The Morgan fingerprint density at radius 2 is 2.04 bits per heavy atom. The van der Waals surface area contributed by atoms with Crippen LogP contribution in [0.4, 0.5) is 10.1 Å². The van der Waals surface area contributed by atoms with E-state index >= 15 is 0 Å². The third-order valence-corrected chi connectivity index (χ3v) is 3.30. The molecule has 0 fully saturated rings. The molecule has 5 nitrogen and oxygen atoms in total. The highest BCUT2D eigenvalue weighted by molar-refractivity contribution is 6.32. The number of hydrogen-bond acceptors (Lipinski definition) is 4. The number of halogens is 2. The van der Waals surface area contributed by atoms with Crippen molar-refractivity contribution in [3.8, 4) is 11.5 Å². The van der Waals surface area contributed by atoms with Gasteiger partial charge in [-0.1, -0.05) is 17.7 Å². The first-order valence-electron chi connectivity index (χ1n) is 6.92. The molecule has 0 unspecified atom stereocenters. The molecule has 120 valence electrons. The number of carbonyl (C=O) groups is 1. The fourth-order valence-electron chi connectivity index (χ4n) is 1.93. The van der Waals surface area contributed by atoms with E-state index in [0.717, 1.165) is 0 Å². The van der Waals surface area contributed by atoms with Crippen molar-refractivity contribution in [1.29, 1.82) is 0 Å². The van der Waals surface area contributed by atoms with E-state index in [1.54, 1.807) is 18.2 Å². The Balaban J connectivity index is 1.74. The lowest BCUT2D eigenvalue weighted by atomic mass is 10.2. The lowest BCUT2D eigenvalue weighted by Crippen LogP contribution is -2.13. The maximum atomic E-state index is 13.2. The van der Waals surface area contributed by atoms with Crippen molar-refractivity contribution in [1.82, 2.24) is 9.97 Å². The van der Waals surface area contributed by atoms with Gasteiger partial charge in [-0.3, -0.25) is 9.78 Å². The van der Waals surface area contributed by atoms with Gasteiger partial charge in [-0.2, -0.15) is 0 Å². The van der Waals surface area contributed by atoms with Crippen LogP contribution in [0.3, 0.4) is 0 Å². The Kier molecular flexibility index (Phi) is 4.67. The van der Waals surface area contributed by atoms with Crippen molar-refractivity contribution in [2.45, 2.75) is 0 Å². The summed E-state index contributed by atoms with van der Waals surface area (Å²) < 4.78 is 18.7. The predicted molar refractivity (Wildman–Crippen MR) is 87.9 cm³/mol. The van der Waals surface area contributed by atoms with E-state index in [1.165, 1.54) is 42.9 Å². The largest absolute Gasteiger partial charge is 0.456 e. The number of nitrogens with one attached hydrogen (secondary N) is 1. The maximum absolute atomic E-state index is 13.2. The van der Waals surface area contributed by atoms with Gasteiger partial charge in [-0.15, -0.1) is 0 Å². The van der Waals surface area contributed by atoms with Gasteiger partial charge in [-0.05, 0) is 30.3 Å². The first kappa shape index (κ1) is 15.9. The number of hydrogen-bond donors (Lipinski definition) is 1. The van der Waals surface area contributed by atoms with E-state index in [2.05, 4.69) is 15.3 Å². The molecule has 1 amide bonds. The van der Waals surface area contributed by atoms with Gasteiger partial charge >= 0.3 is 0 Å². The molecule has 0 radical (unpaired) electrons. The van der Waals surface area contributed by atoms with E-state index in [0.29, 0.717) is 17.2 Å². The van der Waals surface area contributed by atoms with Crippen LogP contribution in [0.25, 0.3) is 0 Å². The summed E-state index contributed by atoms with van der Waals surface area (Å²) in [6.07, 6.45) is 4.27. The normalized spacial score (nSPS) is 10.2. The van der Waals surface area contributed by atoms with Crippen molar-refractivity contribution in [2.75, 3.05) is 5.32 Å². The smallest absolute Gasteiger partial charge is 0.275 e. The van der Waals surface area contributed by atoms with Crippen molar-refractivity contribution in [2.24, 2.45) is 0 Å². The monoisotopic (exact) mass is 343 g/mol. The number of benzene rings is 2. The van der Waals surface area contributed by atoms with Gasteiger partial charge in [0.05, 0.1) is 11.2 Å². The Hall–Kier alpha value is -2.99. The highest BCUT2D eigenvalue weighted by Crippen LogP contribution is 2.31. The van der Waals surface area contributed by atoms with Gasteiger partial charge in [0.25, 0.3) is 5.91 Å². The van der Waals surface area contributed by atoms with E-state index in [4.69, 9.17) is 16.3 Å². The molecule has 0 atom stereocenters. The number of carbonyl (C=O) groups excluding carboxylic acids is 1. The minimum absolute atomic E-state index is 0.189. The first-order valence-corrected chi connectivity index (χ1v) is 7.30. The molecule has 1 N–H and O–H groups in total. The average Bonchev–Trinajstić information content (AvgIpc) is 2.58. The summed E-state index contributed by atoms with van der Waals surface area (Å²) in [6.45, 7) is 0. The highest BCUT2D eigenvalue weighted by Gasteiger charge is 2.10. The molecule has 1 heterocycles. The third-order valence-electron chi connectivity index (χ3n) is 3.01. The third kappa shape index (κ3) is 3.85. The molecule has 0 saturated carbocycles. The lowest BCUT2D eigenvalue weighted by Gasteiger charge is -2.10. The molecule has 3 aromatic rings. The van der Waals surface area contributed by atoms with Crippen LogP contribution in [-0.2, 0) is 0 Å². The molecule has 2 aromatic carbocycles. The standard InChI is InChI=1S/C17H11ClFN3O2/c18-14-9-12(22-17(23)15-10-20-6-7-21-15)4-5-16(14)24-13-3-1-2-11(19)8-13/h1-10H,(H,22,23). The number of nitrogens with zero attached hydrogens (tertiary/aromatic N) is 2. The second-order valence-corrected chi connectivity index (χ2v) is 5.16. The fourth-order valence-corrected chi connectivity index (χ4v) is 2.15. The van der Waals surface area contributed by atoms with Crippen LogP contribution in [0.5, 0.6) is 11.5 Å². The predicted octanol–water partition coefficient (Wildman–Crippen LogP) is 4.31. The van der Waals surface area contributed by atoms with Crippen molar-refractivity contribution >= 4 is 23.2 Å². The zero-order valence-corrected chi connectivity index (χ0v) is 13.0. The first-order chi connectivity index (χ1) is 11.6. The molecule has 0 spiro atoms. The van der Waals surface area contributed by atoms with Crippen molar-refractivity contribution in [3.63, 3.8) is 0 Å². The number of rotatable bonds is 4. The van der Waals surface area contributed by atoms with Crippen LogP contribution in [-0.4, -0.2) is 15.9 Å². The van der Waals surface area contributed by atoms with Crippen LogP contribution in [0.2, 0.25) is 5.02 Å². The van der Waals surface area contributed by atoms with Gasteiger partial charge in [0, 0.05) is 24.1 Å². The van der Waals surface area contributed by atoms with E-state index < -0.39 is 11.7 Å². The Bertz CT molecular complexity index is 875. The number of ether oxygens (including phenoxy) is 1. The minimum atomic E-state index is -0.406. The van der Waals surface area contributed by atoms with Crippen LogP contribution in [0, 0.1) is 5.82 Å². The summed E-state index contributed by atoms with van der Waals surface area (Å²) in [4.78, 5) is 19.8. The van der Waals surface area contributed by atoms with E-state index in [1.807, 2.05) is 0 Å². The van der Waals surface area contributed by atoms with Crippen LogP contribution in [0.1, 0.15) is 10.5 Å². The molecular formula is C17H11ClFN3O2. The van der Waals surface area contributed by atoms with Crippen molar-refractivity contribution < 1.29 is 13.9 Å². The molecule has 0 aliphatic rings. The second-order valence-electron chi connectivity index (χ2n) is 4.75. The summed E-state index contributed by atoms with van der Waals surface area (Å²) in [7, 11) is 0. The van der Waals surface area contributed by atoms with E-state index in [-0.39, 0.29) is 10.7 Å². The van der Waals surface area contributed by atoms with Gasteiger partial charge in [-0.25, -0.2) is 9.37 Å². The number of amides is 1. The topological polar surface area (TPSA) is 64.1 Å². The number of anilines is 1. The zero-order valence-electron chi connectivity index (χ0n) is 12.2. The molecule has 0 saturated heterocycles. The molecule has 24 heavy (non-hydrogen) atoms. The summed E-state index contributed by atoms with van der Waals surface area (Å²) >= 11 is 6.15. The van der Waals surface area contributed by atoms with Crippen LogP contribution < -0.4 is 10.1 Å². The van der Waals surface area contributed by atoms with Gasteiger partial charge in [0.2, 0.25) is 0 Å². The van der Waals surface area contributed by atoms with Crippen LogP contribution in [0.15, 0.2) is 61.1 Å². The van der Waals surface area contributed by atoms with Gasteiger partial charge in [0.1, 0.15) is 23.0 Å². The second kappa shape index (κ2) is 7.06. The fraction of sp³-hybridized carbons (Fsp3) is 0.